The standard InChI is InChI=1S/C9H17N5O5S.Na/c15-3-5-19-4-1-10-8-12-7-13-9(14-8)11-2-6-20(16,17)18;/h7,15H,1-6H2,(H,16,17,18)(H2,10,11,12,13,14);/q;+1/p-1. The van der Waals surface area contributed by atoms with Crippen LogP contribution in [0.5, 0.6) is 0 Å². The minimum absolute atomic E-state index is 0. The van der Waals surface area contributed by atoms with Gasteiger partial charge >= 0.3 is 29.6 Å². The van der Waals surface area contributed by atoms with Crippen molar-refractivity contribution in [2.45, 2.75) is 0 Å². The molecule has 0 saturated heterocycles. The van der Waals surface area contributed by atoms with Crippen LogP contribution in [-0.2, 0) is 14.9 Å². The Morgan fingerprint density at radius 2 is 1.81 bits per heavy atom. The number of hydrogen-bond acceptors (Lipinski definition) is 10. The zero-order valence-electron chi connectivity index (χ0n) is 11.7. The second-order valence-electron chi connectivity index (χ2n) is 3.58. The molecule has 1 rings (SSSR count). The van der Waals surface area contributed by atoms with E-state index in [-0.39, 0.29) is 55.3 Å². The minimum atomic E-state index is -4.26. The maximum Gasteiger partial charge on any atom is 1.00 e. The van der Waals surface area contributed by atoms with Crippen molar-refractivity contribution in [1.82, 2.24) is 15.0 Å². The smallest absolute Gasteiger partial charge is 0.748 e. The Labute approximate surface area is 144 Å². The molecule has 21 heavy (non-hydrogen) atoms. The molecule has 0 unspecified atom stereocenters. The SMILES string of the molecule is O=S(=O)([O-])CCNc1ncnc(NCCOCCO)n1.[Na+]. The number of aromatic nitrogens is 3. The van der Waals surface area contributed by atoms with E-state index >= 15 is 0 Å². The van der Waals surface area contributed by atoms with E-state index in [0.29, 0.717) is 19.1 Å². The Morgan fingerprint density at radius 1 is 1.19 bits per heavy atom. The molecule has 1 heterocycles. The Morgan fingerprint density at radius 3 is 2.38 bits per heavy atom. The van der Waals surface area contributed by atoms with E-state index in [1.54, 1.807) is 0 Å². The topological polar surface area (TPSA) is 149 Å². The quantitative estimate of drug-likeness (QED) is 0.217. The fourth-order valence-corrected chi connectivity index (χ4v) is 1.51. The summed E-state index contributed by atoms with van der Waals surface area (Å²) < 4.78 is 36.3. The fourth-order valence-electron chi connectivity index (χ4n) is 1.16. The van der Waals surface area contributed by atoms with Crippen LogP contribution in [0.4, 0.5) is 11.9 Å². The summed E-state index contributed by atoms with van der Waals surface area (Å²) in [5, 5.41) is 14.0. The second kappa shape index (κ2) is 11.1. The summed E-state index contributed by atoms with van der Waals surface area (Å²) in [6.07, 6.45) is 1.25. The number of anilines is 2. The average molecular weight is 329 g/mol. The van der Waals surface area contributed by atoms with Crippen LogP contribution in [0.1, 0.15) is 0 Å². The number of hydrogen-bond donors (Lipinski definition) is 3. The molecule has 0 bridgehead atoms. The van der Waals surface area contributed by atoms with E-state index in [0.717, 1.165) is 0 Å². The molecule has 3 N–H and O–H groups in total. The molecular weight excluding hydrogens is 313 g/mol. The van der Waals surface area contributed by atoms with E-state index in [2.05, 4.69) is 25.6 Å². The van der Waals surface area contributed by atoms with E-state index in [9.17, 15) is 13.0 Å². The van der Waals surface area contributed by atoms with Crippen molar-refractivity contribution in [3.63, 3.8) is 0 Å². The van der Waals surface area contributed by atoms with Gasteiger partial charge in [0.25, 0.3) is 0 Å². The van der Waals surface area contributed by atoms with Crippen molar-refractivity contribution < 1.29 is 52.4 Å². The van der Waals surface area contributed by atoms with Crippen molar-refractivity contribution in [1.29, 1.82) is 0 Å². The zero-order chi connectivity index (χ0) is 14.8. The van der Waals surface area contributed by atoms with Crippen molar-refractivity contribution in [2.75, 3.05) is 49.3 Å². The number of aliphatic hydroxyl groups excluding tert-OH is 1. The van der Waals surface area contributed by atoms with Gasteiger partial charge in [-0.3, -0.25) is 0 Å². The van der Waals surface area contributed by atoms with Crippen molar-refractivity contribution in [3.05, 3.63) is 6.33 Å². The Balaban J connectivity index is 0.00000400. The molecule has 0 radical (unpaired) electrons. The molecule has 10 nitrogen and oxygen atoms in total. The molecule has 0 fully saturated rings. The van der Waals surface area contributed by atoms with Gasteiger partial charge in [-0.1, -0.05) is 0 Å². The molecule has 114 valence electrons. The molecule has 12 heteroatoms. The first kappa shape index (κ1) is 20.4. The summed E-state index contributed by atoms with van der Waals surface area (Å²) in [6, 6.07) is 0. The van der Waals surface area contributed by atoms with E-state index < -0.39 is 15.9 Å². The Hall–Kier alpha value is -0.560. The van der Waals surface area contributed by atoms with E-state index in [4.69, 9.17) is 9.84 Å². The third kappa shape index (κ3) is 10.8. The maximum atomic E-state index is 10.4. The molecule has 0 saturated carbocycles. The molecule has 0 aliphatic rings. The largest absolute Gasteiger partial charge is 1.00 e. The molecule has 0 atom stereocenters. The third-order valence-electron chi connectivity index (χ3n) is 1.97. The summed E-state index contributed by atoms with van der Waals surface area (Å²) >= 11 is 0. The monoisotopic (exact) mass is 329 g/mol. The van der Waals surface area contributed by atoms with Gasteiger partial charge in [0.1, 0.15) is 6.33 Å². The second-order valence-corrected chi connectivity index (χ2v) is 5.11. The molecule has 1 aromatic heterocycles. The zero-order valence-corrected chi connectivity index (χ0v) is 14.5. The van der Waals surface area contributed by atoms with Crippen LogP contribution < -0.4 is 40.2 Å². The minimum Gasteiger partial charge on any atom is -0.748 e. The number of aliphatic hydroxyl groups is 1. The Bertz CT molecular complexity index is 503. The molecule has 0 spiro atoms. The molecule has 0 aromatic carbocycles. The van der Waals surface area contributed by atoms with Crippen LogP contribution in [0.3, 0.4) is 0 Å². The van der Waals surface area contributed by atoms with Crippen LogP contribution in [0, 0.1) is 0 Å². The van der Waals surface area contributed by atoms with Gasteiger partial charge in [0.15, 0.2) is 0 Å². The summed E-state index contributed by atoms with van der Waals surface area (Å²) in [7, 11) is -4.26. The summed E-state index contributed by atoms with van der Waals surface area (Å²) in [5.74, 6) is -0.0845. The molecule has 0 amide bonds. The van der Waals surface area contributed by atoms with Crippen molar-refractivity contribution in [3.8, 4) is 0 Å². The maximum absolute atomic E-state index is 10.4. The summed E-state index contributed by atoms with van der Waals surface area (Å²) in [5.41, 5.74) is 0. The average Bonchev–Trinajstić information content (AvgIpc) is 2.37. The van der Waals surface area contributed by atoms with Crippen molar-refractivity contribution >= 4 is 22.0 Å². The first-order valence-corrected chi connectivity index (χ1v) is 7.38. The van der Waals surface area contributed by atoms with Gasteiger partial charge in [-0.2, -0.15) is 4.98 Å². The van der Waals surface area contributed by atoms with Crippen LogP contribution in [0.15, 0.2) is 6.33 Å². The van der Waals surface area contributed by atoms with Crippen molar-refractivity contribution in [2.24, 2.45) is 0 Å². The molecule has 0 aliphatic heterocycles. The fraction of sp³-hybridized carbons (Fsp3) is 0.667. The van der Waals surface area contributed by atoms with Crippen LogP contribution in [0.2, 0.25) is 0 Å². The van der Waals surface area contributed by atoms with Crippen LogP contribution >= 0.6 is 0 Å². The van der Waals surface area contributed by atoms with E-state index in [1.165, 1.54) is 6.33 Å². The van der Waals surface area contributed by atoms with Gasteiger partial charge in [0.2, 0.25) is 11.9 Å². The summed E-state index contributed by atoms with van der Waals surface area (Å²) in [6.45, 7) is 0.967. The summed E-state index contributed by atoms with van der Waals surface area (Å²) in [4.78, 5) is 11.6. The van der Waals surface area contributed by atoms with Crippen LogP contribution in [0.25, 0.3) is 0 Å². The van der Waals surface area contributed by atoms with Gasteiger partial charge in [0.05, 0.1) is 35.7 Å². The number of nitrogens with one attached hydrogen (secondary N) is 2. The van der Waals surface area contributed by atoms with Gasteiger partial charge in [-0.25, -0.2) is 18.4 Å². The molecule has 1 aromatic rings. The number of nitrogens with zero attached hydrogens (tertiary/aromatic N) is 3. The van der Waals surface area contributed by atoms with Gasteiger partial charge < -0.3 is 25.0 Å². The van der Waals surface area contributed by atoms with E-state index in [1.807, 2.05) is 0 Å². The normalized spacial score (nSPS) is 10.8. The van der Waals surface area contributed by atoms with Gasteiger partial charge in [0, 0.05) is 13.1 Å². The third-order valence-corrected chi connectivity index (χ3v) is 2.68. The first-order valence-electron chi connectivity index (χ1n) is 5.80. The predicted molar refractivity (Wildman–Crippen MR) is 69.3 cm³/mol. The first-order chi connectivity index (χ1) is 9.51. The van der Waals surface area contributed by atoms with Gasteiger partial charge in [-0.05, 0) is 0 Å². The molecular formula is C9H16N5NaO5S. The molecule has 0 aliphatic carbocycles. The predicted octanol–water partition coefficient (Wildman–Crippen LogP) is -4.75. The van der Waals surface area contributed by atoms with Gasteiger partial charge in [-0.15, -0.1) is 0 Å². The number of rotatable bonds is 10. The Kier molecular flexibility index (Phi) is 10.8. The number of ether oxygens (including phenoxy) is 1. The van der Waals surface area contributed by atoms with Crippen LogP contribution in [-0.4, -0.2) is 71.7 Å².